The normalized spacial score (nSPS) is 18.8. The summed E-state index contributed by atoms with van der Waals surface area (Å²) in [4.78, 5) is 4.81. The third kappa shape index (κ3) is 5.46. The molecule has 2 aliphatic rings. The molecule has 204 valence electrons. The molecule has 7 nitrogen and oxygen atoms in total. The second-order valence-electron chi connectivity index (χ2n) is 10.2. The van der Waals surface area contributed by atoms with Crippen LogP contribution in [0.15, 0.2) is 78.9 Å². The van der Waals surface area contributed by atoms with Crippen LogP contribution in [0.4, 0.5) is 5.69 Å². The van der Waals surface area contributed by atoms with Crippen LogP contribution in [0.2, 0.25) is 0 Å². The van der Waals surface area contributed by atoms with Gasteiger partial charge in [-0.05, 0) is 22.9 Å². The zero-order valence-corrected chi connectivity index (χ0v) is 22.4. The summed E-state index contributed by atoms with van der Waals surface area (Å²) in [6.45, 7) is 7.96. The van der Waals surface area contributed by atoms with Gasteiger partial charge in [0.25, 0.3) is 0 Å². The van der Waals surface area contributed by atoms with Gasteiger partial charge in [0.2, 0.25) is 0 Å². The molecule has 0 saturated carbocycles. The number of benzene rings is 4. The van der Waals surface area contributed by atoms with E-state index in [2.05, 4.69) is 58.3 Å². The molecule has 1 atom stereocenters. The second kappa shape index (κ2) is 11.9. The van der Waals surface area contributed by atoms with Gasteiger partial charge in [0.15, 0.2) is 5.72 Å². The lowest BCUT2D eigenvalue weighted by Crippen LogP contribution is -2.57. The van der Waals surface area contributed by atoms with Crippen LogP contribution in [0.3, 0.4) is 0 Å². The highest BCUT2D eigenvalue weighted by Crippen LogP contribution is 2.38. The fourth-order valence-electron chi connectivity index (χ4n) is 5.81. The zero-order valence-electron chi connectivity index (χ0n) is 22.4. The Kier molecular flexibility index (Phi) is 7.95. The molecule has 0 aromatic heterocycles. The van der Waals surface area contributed by atoms with Crippen molar-refractivity contribution in [2.75, 3.05) is 78.1 Å². The third-order valence-corrected chi connectivity index (χ3v) is 7.93. The van der Waals surface area contributed by atoms with Gasteiger partial charge in [-0.1, -0.05) is 66.7 Å². The Morgan fingerprint density at radius 1 is 0.718 bits per heavy atom. The summed E-state index contributed by atoms with van der Waals surface area (Å²) in [5, 5.41) is 4.34. The van der Waals surface area contributed by atoms with Crippen molar-refractivity contribution >= 4 is 27.2 Å². The molecule has 2 fully saturated rings. The molecule has 1 unspecified atom stereocenters. The molecule has 2 aliphatic heterocycles. The summed E-state index contributed by atoms with van der Waals surface area (Å²) >= 11 is 0. The van der Waals surface area contributed by atoms with Gasteiger partial charge in [0.05, 0.1) is 33.0 Å². The Balaban J connectivity index is 1.40. The van der Waals surface area contributed by atoms with Crippen LogP contribution < -0.4 is 10.5 Å². The molecule has 6 rings (SSSR count). The van der Waals surface area contributed by atoms with Crippen LogP contribution in [0.1, 0.15) is 5.56 Å². The number of nitrogens with zero attached hydrogens (tertiary/aromatic N) is 2. The first-order chi connectivity index (χ1) is 19.2. The van der Waals surface area contributed by atoms with Crippen LogP contribution in [-0.2, 0) is 19.9 Å². The third-order valence-electron chi connectivity index (χ3n) is 7.93. The van der Waals surface area contributed by atoms with Crippen LogP contribution in [0.5, 0.6) is 5.75 Å². The monoisotopic (exact) mass is 527 g/mol. The highest BCUT2D eigenvalue weighted by molar-refractivity contribution is 5.97. The standard InChI is InChI=1S/C32H37N3O4/c33-30-12-13-31(28-10-4-3-9-27(28)30)38-24-32(35-17-21-37-22-18-35,39-23-16-34-14-19-36-20-15-34)29-11-5-7-25-6-1-2-8-26(25)29/h1-13H,14-24,33H2. The van der Waals surface area contributed by atoms with Gasteiger partial charge in [0.1, 0.15) is 12.4 Å². The van der Waals surface area contributed by atoms with E-state index in [1.54, 1.807) is 0 Å². The molecule has 0 spiro atoms. The van der Waals surface area contributed by atoms with Crippen LogP contribution >= 0.6 is 0 Å². The van der Waals surface area contributed by atoms with Crippen molar-refractivity contribution in [1.82, 2.24) is 9.80 Å². The lowest BCUT2D eigenvalue weighted by Gasteiger charge is -2.46. The van der Waals surface area contributed by atoms with E-state index in [4.69, 9.17) is 24.7 Å². The number of anilines is 1. The number of hydrogen-bond acceptors (Lipinski definition) is 7. The Morgan fingerprint density at radius 3 is 2.18 bits per heavy atom. The number of nitrogen functional groups attached to an aromatic ring is 1. The first-order valence-corrected chi connectivity index (χ1v) is 13.9. The number of fused-ring (bicyclic) bond motifs is 2. The maximum atomic E-state index is 7.06. The predicted octanol–water partition coefficient (Wildman–Crippen LogP) is 4.49. The average Bonchev–Trinajstić information content (AvgIpc) is 3.01. The van der Waals surface area contributed by atoms with Gasteiger partial charge in [0, 0.05) is 54.7 Å². The predicted molar refractivity (Wildman–Crippen MR) is 155 cm³/mol. The Labute approximate surface area is 230 Å². The number of nitrogens with two attached hydrogens (primary N) is 1. The van der Waals surface area contributed by atoms with Crippen LogP contribution in [0, 0.1) is 0 Å². The minimum atomic E-state index is -0.806. The minimum absolute atomic E-state index is 0.331. The molecule has 2 heterocycles. The van der Waals surface area contributed by atoms with E-state index >= 15 is 0 Å². The molecule has 4 aromatic carbocycles. The quantitative estimate of drug-likeness (QED) is 0.322. The SMILES string of the molecule is Nc1ccc(OCC(OCCN2CCOCC2)(c2cccc3ccccc23)N2CCOCC2)c2ccccc12. The van der Waals surface area contributed by atoms with Crippen molar-refractivity contribution in [2.45, 2.75) is 5.72 Å². The summed E-state index contributed by atoms with van der Waals surface area (Å²) in [5.41, 5.74) is 7.35. The van der Waals surface area contributed by atoms with Crippen LogP contribution in [0.25, 0.3) is 21.5 Å². The second-order valence-corrected chi connectivity index (χ2v) is 10.2. The molecular formula is C32H37N3O4. The molecule has 7 heteroatoms. The van der Waals surface area contributed by atoms with Gasteiger partial charge in [-0.25, -0.2) is 0 Å². The Hall–Kier alpha value is -3.20. The van der Waals surface area contributed by atoms with Gasteiger partial charge >= 0.3 is 0 Å². The molecule has 2 N–H and O–H groups in total. The largest absolute Gasteiger partial charge is 0.488 e. The first kappa shape index (κ1) is 26.0. The van der Waals surface area contributed by atoms with Gasteiger partial charge < -0.3 is 24.7 Å². The Morgan fingerprint density at radius 2 is 1.38 bits per heavy atom. The Bertz CT molecular complexity index is 1400. The fraction of sp³-hybridized carbons (Fsp3) is 0.375. The number of ether oxygens (including phenoxy) is 4. The van der Waals surface area contributed by atoms with Crippen molar-refractivity contribution in [1.29, 1.82) is 0 Å². The topological polar surface area (TPSA) is 69.4 Å². The summed E-state index contributed by atoms with van der Waals surface area (Å²) < 4.78 is 25.1. The van der Waals surface area contributed by atoms with Crippen molar-refractivity contribution < 1.29 is 18.9 Å². The average molecular weight is 528 g/mol. The lowest BCUT2D eigenvalue weighted by atomic mass is 9.94. The summed E-state index contributed by atoms with van der Waals surface area (Å²) in [6, 6.07) is 27.0. The summed E-state index contributed by atoms with van der Waals surface area (Å²) in [7, 11) is 0. The van der Waals surface area contributed by atoms with E-state index < -0.39 is 5.72 Å². The summed E-state index contributed by atoms with van der Waals surface area (Å²) in [6.07, 6.45) is 0. The van der Waals surface area contributed by atoms with E-state index in [1.165, 1.54) is 10.8 Å². The number of rotatable bonds is 9. The van der Waals surface area contributed by atoms with Crippen molar-refractivity contribution in [3.8, 4) is 5.75 Å². The maximum Gasteiger partial charge on any atom is 0.182 e. The molecule has 4 aromatic rings. The highest BCUT2D eigenvalue weighted by atomic mass is 16.6. The van der Waals surface area contributed by atoms with Crippen molar-refractivity contribution in [3.05, 3.63) is 84.4 Å². The first-order valence-electron chi connectivity index (χ1n) is 13.9. The molecule has 2 saturated heterocycles. The fourth-order valence-corrected chi connectivity index (χ4v) is 5.81. The molecular weight excluding hydrogens is 490 g/mol. The number of hydrogen-bond donors (Lipinski definition) is 1. The highest BCUT2D eigenvalue weighted by Gasteiger charge is 2.43. The van der Waals surface area contributed by atoms with Gasteiger partial charge in [-0.3, -0.25) is 9.80 Å². The van der Waals surface area contributed by atoms with Gasteiger partial charge in [-0.2, -0.15) is 0 Å². The van der Waals surface area contributed by atoms with E-state index in [9.17, 15) is 0 Å². The molecule has 0 bridgehead atoms. The maximum absolute atomic E-state index is 7.06. The zero-order chi connectivity index (χ0) is 26.5. The molecule has 0 aliphatic carbocycles. The number of morpholine rings is 2. The van der Waals surface area contributed by atoms with E-state index in [0.717, 1.165) is 73.7 Å². The smallest absolute Gasteiger partial charge is 0.182 e. The van der Waals surface area contributed by atoms with E-state index in [0.29, 0.717) is 26.4 Å². The van der Waals surface area contributed by atoms with Crippen molar-refractivity contribution in [2.24, 2.45) is 0 Å². The summed E-state index contributed by atoms with van der Waals surface area (Å²) in [5.74, 6) is 0.800. The lowest BCUT2D eigenvalue weighted by molar-refractivity contribution is -0.203. The van der Waals surface area contributed by atoms with Gasteiger partial charge in [-0.15, -0.1) is 0 Å². The minimum Gasteiger partial charge on any atom is -0.488 e. The van der Waals surface area contributed by atoms with E-state index in [-0.39, 0.29) is 0 Å². The molecule has 39 heavy (non-hydrogen) atoms. The van der Waals surface area contributed by atoms with Crippen LogP contribution in [-0.4, -0.2) is 82.2 Å². The molecule has 0 radical (unpaired) electrons. The van der Waals surface area contributed by atoms with Crippen molar-refractivity contribution in [3.63, 3.8) is 0 Å². The van der Waals surface area contributed by atoms with E-state index in [1.807, 2.05) is 30.3 Å². The molecule has 0 amide bonds.